The first-order valence-corrected chi connectivity index (χ1v) is 14.3. The SMILES string of the molecule is O=C(O)c1ccc2nc(CN3CC4=C(C3)CN(c3cccc(OCc5ccc(Cl)cc5F)n3)C4)n(C[C@@H]3CCO3)c2c1. The predicted molar refractivity (Wildman–Crippen MR) is 156 cm³/mol. The van der Waals surface area contributed by atoms with Gasteiger partial charge in [0.2, 0.25) is 5.88 Å². The van der Waals surface area contributed by atoms with Crippen molar-refractivity contribution in [2.75, 3.05) is 37.7 Å². The number of hydrogen-bond acceptors (Lipinski definition) is 7. The Morgan fingerprint density at radius 3 is 2.60 bits per heavy atom. The second-order valence-electron chi connectivity index (χ2n) is 11.0. The van der Waals surface area contributed by atoms with Crippen molar-refractivity contribution in [1.82, 2.24) is 19.4 Å². The number of imidazole rings is 1. The molecule has 1 fully saturated rings. The summed E-state index contributed by atoms with van der Waals surface area (Å²) < 4.78 is 27.8. The zero-order valence-electron chi connectivity index (χ0n) is 22.8. The first-order chi connectivity index (χ1) is 20.4. The quantitative estimate of drug-likeness (QED) is 0.275. The molecule has 0 spiro atoms. The van der Waals surface area contributed by atoms with E-state index in [4.69, 9.17) is 26.1 Å². The fourth-order valence-corrected chi connectivity index (χ4v) is 6.01. The van der Waals surface area contributed by atoms with Crippen molar-refractivity contribution >= 4 is 34.4 Å². The van der Waals surface area contributed by atoms with Crippen molar-refractivity contribution in [2.45, 2.75) is 32.2 Å². The molecule has 2 aromatic heterocycles. The van der Waals surface area contributed by atoms with Crippen molar-refractivity contribution in [3.05, 3.63) is 93.5 Å². The van der Waals surface area contributed by atoms with E-state index in [9.17, 15) is 14.3 Å². The van der Waals surface area contributed by atoms with E-state index in [-0.39, 0.29) is 18.3 Å². The van der Waals surface area contributed by atoms with Gasteiger partial charge in [-0.25, -0.2) is 14.2 Å². The Labute approximate surface area is 246 Å². The van der Waals surface area contributed by atoms with Gasteiger partial charge in [0.05, 0.1) is 35.8 Å². The molecule has 4 aromatic rings. The molecule has 0 bridgehead atoms. The maximum atomic E-state index is 14.1. The van der Waals surface area contributed by atoms with Crippen LogP contribution in [-0.2, 0) is 24.4 Å². The molecule has 2 aromatic carbocycles. The molecule has 7 rings (SSSR count). The average molecular weight is 590 g/mol. The molecule has 0 unspecified atom stereocenters. The first kappa shape index (κ1) is 26.9. The van der Waals surface area contributed by atoms with Crippen LogP contribution in [0.3, 0.4) is 0 Å². The normalized spacial score (nSPS) is 18.5. The smallest absolute Gasteiger partial charge is 0.335 e. The van der Waals surface area contributed by atoms with Crippen LogP contribution in [0.25, 0.3) is 11.0 Å². The van der Waals surface area contributed by atoms with E-state index in [0.29, 0.717) is 29.6 Å². The van der Waals surface area contributed by atoms with Gasteiger partial charge in [-0.3, -0.25) is 4.90 Å². The minimum atomic E-state index is -0.946. The highest BCUT2D eigenvalue weighted by molar-refractivity contribution is 6.30. The maximum absolute atomic E-state index is 14.1. The van der Waals surface area contributed by atoms with Gasteiger partial charge in [0.15, 0.2) is 0 Å². The summed E-state index contributed by atoms with van der Waals surface area (Å²) in [5.41, 5.74) is 5.07. The van der Waals surface area contributed by atoms with Gasteiger partial charge in [-0.15, -0.1) is 0 Å². The molecule has 0 radical (unpaired) electrons. The van der Waals surface area contributed by atoms with Crippen molar-refractivity contribution in [2.24, 2.45) is 0 Å². The van der Waals surface area contributed by atoms with Crippen LogP contribution in [0.2, 0.25) is 5.02 Å². The lowest BCUT2D eigenvalue weighted by atomic mass is 10.1. The van der Waals surface area contributed by atoms with Crippen LogP contribution in [0.1, 0.15) is 28.2 Å². The summed E-state index contributed by atoms with van der Waals surface area (Å²) in [4.78, 5) is 25.8. The molecule has 216 valence electrons. The van der Waals surface area contributed by atoms with Crippen LogP contribution >= 0.6 is 11.6 Å². The lowest BCUT2D eigenvalue weighted by Crippen LogP contribution is -2.33. The Bertz CT molecular complexity index is 1700. The number of benzene rings is 2. The number of fused-ring (bicyclic) bond motifs is 1. The molecule has 9 nitrogen and oxygen atoms in total. The molecular weight excluding hydrogens is 561 g/mol. The minimum absolute atomic E-state index is 0.0679. The third-order valence-corrected chi connectivity index (χ3v) is 8.37. The highest BCUT2D eigenvalue weighted by Crippen LogP contribution is 2.31. The molecule has 3 aliphatic rings. The monoisotopic (exact) mass is 589 g/mol. The van der Waals surface area contributed by atoms with Gasteiger partial charge in [-0.1, -0.05) is 23.7 Å². The number of anilines is 1. The van der Waals surface area contributed by atoms with Crippen LogP contribution in [0.4, 0.5) is 10.2 Å². The van der Waals surface area contributed by atoms with Crippen molar-refractivity contribution in [3.8, 4) is 5.88 Å². The van der Waals surface area contributed by atoms with Gasteiger partial charge in [-0.05, 0) is 54.0 Å². The molecule has 0 saturated carbocycles. The lowest BCUT2D eigenvalue weighted by molar-refractivity contribution is -0.0591. The lowest BCUT2D eigenvalue weighted by Gasteiger charge is -2.28. The number of carboxylic acids is 1. The van der Waals surface area contributed by atoms with Gasteiger partial charge in [-0.2, -0.15) is 4.98 Å². The Balaban J connectivity index is 1.01. The standard InChI is InChI=1S/C31H29ClFN5O4/c32-23-6-4-20(25(33)11-23)18-42-30-3-1-2-28(35-30)37-14-21-12-36(13-22(21)15-37)17-29-34-26-7-5-19(31(39)40)10-27(26)38(29)16-24-8-9-41-24/h1-7,10-11,24H,8-9,12-18H2,(H,39,40)/t24-/m0/s1. The maximum Gasteiger partial charge on any atom is 0.335 e. The van der Waals surface area contributed by atoms with Crippen LogP contribution in [-0.4, -0.2) is 69.4 Å². The Kier molecular flexibility index (Phi) is 7.05. The van der Waals surface area contributed by atoms with Crippen molar-refractivity contribution in [3.63, 3.8) is 0 Å². The van der Waals surface area contributed by atoms with Crippen LogP contribution in [0, 0.1) is 5.82 Å². The predicted octanol–water partition coefficient (Wildman–Crippen LogP) is 4.92. The highest BCUT2D eigenvalue weighted by atomic mass is 35.5. The number of ether oxygens (including phenoxy) is 2. The number of carboxylic acid groups (broad SMARTS) is 1. The van der Waals surface area contributed by atoms with Gasteiger partial charge >= 0.3 is 5.97 Å². The molecule has 0 amide bonds. The molecule has 42 heavy (non-hydrogen) atoms. The number of nitrogens with zero attached hydrogens (tertiary/aromatic N) is 5. The number of rotatable bonds is 9. The summed E-state index contributed by atoms with van der Waals surface area (Å²) in [6, 6.07) is 15.3. The minimum Gasteiger partial charge on any atom is -0.478 e. The van der Waals surface area contributed by atoms with E-state index in [1.54, 1.807) is 36.4 Å². The molecule has 1 saturated heterocycles. The van der Waals surface area contributed by atoms with Crippen LogP contribution in [0.15, 0.2) is 65.7 Å². The summed E-state index contributed by atoms with van der Waals surface area (Å²) in [7, 11) is 0. The third kappa shape index (κ3) is 5.33. The zero-order valence-corrected chi connectivity index (χ0v) is 23.6. The van der Waals surface area contributed by atoms with Crippen LogP contribution < -0.4 is 9.64 Å². The van der Waals surface area contributed by atoms with E-state index in [1.165, 1.54) is 17.2 Å². The second-order valence-corrected chi connectivity index (χ2v) is 11.4. The number of aromatic nitrogens is 3. The number of halogens is 2. The highest BCUT2D eigenvalue weighted by Gasteiger charge is 2.32. The van der Waals surface area contributed by atoms with Gasteiger partial charge in [0, 0.05) is 49.4 Å². The fourth-order valence-electron chi connectivity index (χ4n) is 5.85. The number of hydrogen-bond donors (Lipinski definition) is 1. The molecular formula is C31H29ClFN5O4. The summed E-state index contributed by atoms with van der Waals surface area (Å²) in [5.74, 6) is 0.834. The van der Waals surface area contributed by atoms with E-state index in [2.05, 4.69) is 19.4 Å². The fraction of sp³-hybridized carbons (Fsp3) is 0.323. The van der Waals surface area contributed by atoms with Crippen molar-refractivity contribution < 1.29 is 23.8 Å². The molecule has 3 aliphatic heterocycles. The molecule has 11 heteroatoms. The van der Waals surface area contributed by atoms with E-state index >= 15 is 0 Å². The summed E-state index contributed by atoms with van der Waals surface area (Å²) in [5, 5.41) is 9.86. The van der Waals surface area contributed by atoms with E-state index < -0.39 is 11.8 Å². The summed E-state index contributed by atoms with van der Waals surface area (Å²) in [6.45, 7) is 5.39. The van der Waals surface area contributed by atoms with E-state index in [0.717, 1.165) is 61.9 Å². The Morgan fingerprint density at radius 2 is 1.88 bits per heavy atom. The topological polar surface area (TPSA) is 93.0 Å². The number of carbonyl (C=O) groups is 1. The van der Waals surface area contributed by atoms with Gasteiger partial charge in [0.25, 0.3) is 0 Å². The van der Waals surface area contributed by atoms with Crippen molar-refractivity contribution in [1.29, 1.82) is 0 Å². The first-order valence-electron chi connectivity index (χ1n) is 13.9. The number of pyridine rings is 1. The largest absolute Gasteiger partial charge is 0.478 e. The summed E-state index contributed by atoms with van der Waals surface area (Å²) in [6.07, 6.45) is 1.12. The summed E-state index contributed by atoms with van der Waals surface area (Å²) >= 11 is 5.85. The van der Waals surface area contributed by atoms with Crippen LogP contribution in [0.5, 0.6) is 5.88 Å². The Morgan fingerprint density at radius 1 is 1.07 bits per heavy atom. The number of aromatic carboxylic acids is 1. The zero-order chi connectivity index (χ0) is 28.8. The molecule has 5 heterocycles. The average Bonchev–Trinajstić information content (AvgIpc) is 3.61. The third-order valence-electron chi connectivity index (χ3n) is 8.13. The molecule has 1 atom stereocenters. The van der Waals surface area contributed by atoms with E-state index in [1.807, 2.05) is 12.1 Å². The Hall–Kier alpha value is -3.99. The van der Waals surface area contributed by atoms with Gasteiger partial charge in [0.1, 0.15) is 24.1 Å². The molecule has 1 N–H and O–H groups in total. The second kappa shape index (κ2) is 11.0. The van der Waals surface area contributed by atoms with Gasteiger partial charge < -0.3 is 24.0 Å². The molecule has 0 aliphatic carbocycles.